The summed E-state index contributed by atoms with van der Waals surface area (Å²) in [5.41, 5.74) is 13.9. The molecule has 0 spiro atoms. The molecule has 0 saturated carbocycles. The maximum absolute atomic E-state index is 5.75. The first-order valence-electron chi connectivity index (χ1n) is 4.87. The van der Waals surface area contributed by atoms with Crippen LogP contribution in [0, 0.1) is 0 Å². The molecule has 0 bridgehead atoms. The van der Waals surface area contributed by atoms with Gasteiger partial charge in [0.15, 0.2) is 0 Å². The van der Waals surface area contributed by atoms with Crippen molar-refractivity contribution in [3.05, 3.63) is 48.5 Å². The maximum atomic E-state index is 5.75. The molecule has 2 rings (SSSR count). The van der Waals surface area contributed by atoms with Crippen molar-refractivity contribution in [2.24, 2.45) is 10.2 Å². The summed E-state index contributed by atoms with van der Waals surface area (Å²) in [6.07, 6.45) is 0. The van der Waals surface area contributed by atoms with E-state index in [2.05, 4.69) is 10.2 Å². The standard InChI is InChI=1S/C12H12N4.Li/c13-9-6-7-12(11(14)8-9)16-15-10-4-2-1-3-5-10;/h1-8H,13-14H2;. The Hall–Kier alpha value is -1.76. The Labute approximate surface area is 112 Å². The van der Waals surface area contributed by atoms with Crippen LogP contribution in [0.1, 0.15) is 0 Å². The van der Waals surface area contributed by atoms with Crippen LogP contribution in [-0.4, -0.2) is 18.9 Å². The molecule has 4 N–H and O–H groups in total. The van der Waals surface area contributed by atoms with Gasteiger partial charge in [-0.3, -0.25) is 0 Å². The van der Waals surface area contributed by atoms with E-state index in [-0.39, 0.29) is 18.9 Å². The minimum absolute atomic E-state index is 0. The van der Waals surface area contributed by atoms with Crippen LogP contribution >= 0.6 is 0 Å². The number of nitrogen functional groups attached to an aromatic ring is 2. The smallest absolute Gasteiger partial charge is 0.109 e. The van der Waals surface area contributed by atoms with Gasteiger partial charge < -0.3 is 11.5 Å². The van der Waals surface area contributed by atoms with Gasteiger partial charge in [-0.05, 0) is 30.3 Å². The first kappa shape index (κ1) is 13.3. The Morgan fingerprint density at radius 3 is 2.18 bits per heavy atom. The zero-order valence-corrected chi connectivity index (χ0v) is 9.67. The van der Waals surface area contributed by atoms with Crippen LogP contribution < -0.4 is 11.5 Å². The van der Waals surface area contributed by atoms with Crippen LogP contribution in [0.5, 0.6) is 0 Å². The normalized spacial score (nSPS) is 10.1. The van der Waals surface area contributed by atoms with Crippen molar-refractivity contribution in [3.63, 3.8) is 0 Å². The third kappa shape index (κ3) is 3.63. The first-order valence-corrected chi connectivity index (χ1v) is 4.87. The van der Waals surface area contributed by atoms with E-state index in [1.54, 1.807) is 18.2 Å². The topological polar surface area (TPSA) is 76.8 Å². The minimum Gasteiger partial charge on any atom is -0.399 e. The Morgan fingerprint density at radius 1 is 0.824 bits per heavy atom. The van der Waals surface area contributed by atoms with Crippen molar-refractivity contribution >= 4 is 41.6 Å². The molecule has 2 aromatic rings. The second kappa shape index (κ2) is 6.09. The number of hydrogen-bond acceptors (Lipinski definition) is 4. The molecule has 2 aromatic carbocycles. The number of azo groups is 1. The summed E-state index contributed by atoms with van der Waals surface area (Å²) in [5, 5.41) is 8.13. The fourth-order valence-corrected chi connectivity index (χ4v) is 1.27. The average Bonchev–Trinajstić information content (AvgIpc) is 2.29. The molecule has 4 nitrogen and oxygen atoms in total. The quantitative estimate of drug-likeness (QED) is 0.462. The van der Waals surface area contributed by atoms with Crippen LogP contribution in [0.3, 0.4) is 0 Å². The monoisotopic (exact) mass is 219 g/mol. The van der Waals surface area contributed by atoms with Crippen molar-refractivity contribution in [1.29, 1.82) is 0 Å². The zero-order valence-electron chi connectivity index (χ0n) is 9.67. The number of rotatable bonds is 2. The van der Waals surface area contributed by atoms with E-state index in [1.165, 1.54) is 0 Å². The molecule has 0 aliphatic carbocycles. The summed E-state index contributed by atoms with van der Waals surface area (Å²) in [7, 11) is 0. The second-order valence-corrected chi connectivity index (χ2v) is 3.35. The van der Waals surface area contributed by atoms with Crippen molar-refractivity contribution in [3.8, 4) is 0 Å². The predicted molar refractivity (Wildman–Crippen MR) is 71.6 cm³/mol. The van der Waals surface area contributed by atoms with E-state index in [1.807, 2.05) is 30.3 Å². The van der Waals surface area contributed by atoms with Gasteiger partial charge in [0.2, 0.25) is 0 Å². The van der Waals surface area contributed by atoms with Gasteiger partial charge >= 0.3 is 0 Å². The Balaban J connectivity index is 0.00000144. The van der Waals surface area contributed by atoms with Gasteiger partial charge in [-0.2, -0.15) is 5.11 Å². The van der Waals surface area contributed by atoms with Gasteiger partial charge in [-0.1, -0.05) is 18.2 Å². The molecule has 0 atom stereocenters. The van der Waals surface area contributed by atoms with Crippen molar-refractivity contribution in [2.75, 3.05) is 11.5 Å². The third-order valence-corrected chi connectivity index (χ3v) is 2.08. The average molecular weight is 219 g/mol. The summed E-state index contributed by atoms with van der Waals surface area (Å²) < 4.78 is 0. The van der Waals surface area contributed by atoms with E-state index in [4.69, 9.17) is 11.5 Å². The molecular formula is C12H12LiN4. The van der Waals surface area contributed by atoms with Crippen LogP contribution in [0.25, 0.3) is 0 Å². The van der Waals surface area contributed by atoms with E-state index in [9.17, 15) is 0 Å². The molecular weight excluding hydrogens is 207 g/mol. The predicted octanol–water partition coefficient (Wildman–Crippen LogP) is 2.89. The third-order valence-electron chi connectivity index (χ3n) is 2.08. The van der Waals surface area contributed by atoms with E-state index >= 15 is 0 Å². The number of benzene rings is 2. The van der Waals surface area contributed by atoms with Gasteiger partial charge in [-0.15, -0.1) is 5.11 Å². The minimum atomic E-state index is 0. The van der Waals surface area contributed by atoms with Gasteiger partial charge in [0.1, 0.15) is 5.69 Å². The summed E-state index contributed by atoms with van der Waals surface area (Å²) in [6, 6.07) is 14.6. The number of nitrogens with two attached hydrogens (primary N) is 2. The molecule has 5 heteroatoms. The number of nitrogens with zero attached hydrogens (tertiary/aromatic N) is 2. The van der Waals surface area contributed by atoms with Crippen LogP contribution in [-0.2, 0) is 0 Å². The van der Waals surface area contributed by atoms with Crippen LogP contribution in [0.15, 0.2) is 58.8 Å². The summed E-state index contributed by atoms with van der Waals surface area (Å²) in [4.78, 5) is 0. The Kier molecular flexibility index (Phi) is 4.77. The van der Waals surface area contributed by atoms with Gasteiger partial charge in [-0.25, -0.2) is 0 Å². The zero-order chi connectivity index (χ0) is 11.4. The van der Waals surface area contributed by atoms with Gasteiger partial charge in [0.05, 0.1) is 11.4 Å². The molecule has 0 aliphatic rings. The molecule has 0 heterocycles. The maximum Gasteiger partial charge on any atom is 0.109 e. The fourth-order valence-electron chi connectivity index (χ4n) is 1.27. The molecule has 0 fully saturated rings. The van der Waals surface area contributed by atoms with Gasteiger partial charge in [0.25, 0.3) is 0 Å². The van der Waals surface area contributed by atoms with Crippen molar-refractivity contribution in [2.45, 2.75) is 0 Å². The van der Waals surface area contributed by atoms with Crippen LogP contribution in [0.4, 0.5) is 22.7 Å². The van der Waals surface area contributed by atoms with E-state index in [0.717, 1.165) is 5.69 Å². The molecule has 17 heavy (non-hydrogen) atoms. The van der Waals surface area contributed by atoms with Crippen LogP contribution in [0.2, 0.25) is 0 Å². The SMILES string of the molecule is Nc1ccc(N=Nc2ccccc2)c(N)c1.[Li]. The molecule has 0 saturated heterocycles. The van der Waals surface area contributed by atoms with E-state index in [0.29, 0.717) is 17.1 Å². The summed E-state index contributed by atoms with van der Waals surface area (Å²) in [5.74, 6) is 0. The molecule has 0 unspecified atom stereocenters. The number of hydrogen-bond donors (Lipinski definition) is 2. The molecule has 1 radical (unpaired) electrons. The first-order chi connectivity index (χ1) is 7.75. The largest absolute Gasteiger partial charge is 0.399 e. The number of anilines is 2. The van der Waals surface area contributed by atoms with Crippen molar-refractivity contribution in [1.82, 2.24) is 0 Å². The molecule has 0 aromatic heterocycles. The van der Waals surface area contributed by atoms with Gasteiger partial charge in [0, 0.05) is 24.5 Å². The van der Waals surface area contributed by atoms with Crippen molar-refractivity contribution < 1.29 is 0 Å². The molecule has 0 amide bonds. The fraction of sp³-hybridized carbons (Fsp3) is 0. The summed E-state index contributed by atoms with van der Waals surface area (Å²) in [6.45, 7) is 0. The Morgan fingerprint density at radius 2 is 1.53 bits per heavy atom. The second-order valence-electron chi connectivity index (χ2n) is 3.35. The molecule has 0 aliphatic heterocycles. The summed E-state index contributed by atoms with van der Waals surface area (Å²) >= 11 is 0. The Bertz CT molecular complexity index is 511. The molecule has 81 valence electrons. The van der Waals surface area contributed by atoms with E-state index < -0.39 is 0 Å².